The maximum atomic E-state index is 13.6. The van der Waals surface area contributed by atoms with E-state index in [1.807, 2.05) is 0 Å². The van der Waals surface area contributed by atoms with Crippen LogP contribution in [0.3, 0.4) is 0 Å². The van der Waals surface area contributed by atoms with E-state index in [-0.39, 0.29) is 5.41 Å². The summed E-state index contributed by atoms with van der Waals surface area (Å²) in [5.41, 5.74) is 0.485. The summed E-state index contributed by atoms with van der Waals surface area (Å²) in [5.74, 6) is 5.21. The van der Waals surface area contributed by atoms with Crippen LogP contribution in [-0.2, 0) is 4.79 Å². The summed E-state index contributed by atoms with van der Waals surface area (Å²) in [7, 11) is 0. The second kappa shape index (κ2) is 6.38. The van der Waals surface area contributed by atoms with Crippen LogP contribution in [0.25, 0.3) is 0 Å². The summed E-state index contributed by atoms with van der Waals surface area (Å²) in [6.45, 7) is 9.71. The van der Waals surface area contributed by atoms with Crippen molar-refractivity contribution in [3.05, 3.63) is 0 Å². The van der Waals surface area contributed by atoms with Gasteiger partial charge in [-0.2, -0.15) is 0 Å². The molecule has 0 aromatic rings. The number of ketones is 1. The van der Waals surface area contributed by atoms with Gasteiger partial charge in [0.15, 0.2) is 0 Å². The zero-order valence-corrected chi connectivity index (χ0v) is 17.2. The van der Waals surface area contributed by atoms with Crippen molar-refractivity contribution in [3.8, 4) is 0 Å². The van der Waals surface area contributed by atoms with Gasteiger partial charge >= 0.3 is 0 Å². The fourth-order valence-electron chi connectivity index (χ4n) is 8.60. The van der Waals surface area contributed by atoms with Crippen molar-refractivity contribution in [3.63, 3.8) is 0 Å². The van der Waals surface area contributed by atoms with E-state index in [1.54, 1.807) is 0 Å². The predicted octanol–water partition coefficient (Wildman–Crippen LogP) is 6.65. The number of rotatable bonds is 3. The standard InChI is InChI=1S/C24H40O/c1-5-8-16(2)19-12-13-20-18-11-10-17-9-6-7-14-23(17,3)21(18)15-22(25)24(19,20)4/h16-21H,5-15H2,1-4H3/t16-,17?,18+,19-,20+,21+,23+,24-/m1/s1. The van der Waals surface area contributed by atoms with Gasteiger partial charge in [-0.25, -0.2) is 0 Å². The number of fused-ring (bicyclic) bond motifs is 5. The molecule has 0 amide bonds. The minimum atomic E-state index is 0.00756. The van der Waals surface area contributed by atoms with Crippen LogP contribution in [0.4, 0.5) is 0 Å². The summed E-state index contributed by atoms with van der Waals surface area (Å²) in [6, 6.07) is 0. The largest absolute Gasteiger partial charge is 0.299 e. The molecule has 25 heavy (non-hydrogen) atoms. The van der Waals surface area contributed by atoms with Gasteiger partial charge in [-0.15, -0.1) is 0 Å². The number of carbonyl (C=O) groups excluding carboxylic acids is 1. The van der Waals surface area contributed by atoms with E-state index >= 15 is 0 Å². The van der Waals surface area contributed by atoms with Gasteiger partial charge in [0.25, 0.3) is 0 Å². The van der Waals surface area contributed by atoms with E-state index in [2.05, 4.69) is 27.7 Å². The van der Waals surface area contributed by atoms with E-state index in [4.69, 9.17) is 0 Å². The molecule has 0 N–H and O–H groups in total. The van der Waals surface area contributed by atoms with Crippen LogP contribution in [0.5, 0.6) is 0 Å². The van der Waals surface area contributed by atoms with Crippen molar-refractivity contribution in [2.45, 2.75) is 98.3 Å². The van der Waals surface area contributed by atoms with E-state index < -0.39 is 0 Å². The van der Waals surface area contributed by atoms with Crippen LogP contribution in [-0.4, -0.2) is 5.78 Å². The maximum Gasteiger partial charge on any atom is 0.139 e. The van der Waals surface area contributed by atoms with Gasteiger partial charge in [0.2, 0.25) is 0 Å². The second-order valence-electron chi connectivity index (χ2n) is 10.8. The third-order valence-corrected chi connectivity index (χ3v) is 9.95. The molecule has 8 atom stereocenters. The summed E-state index contributed by atoms with van der Waals surface area (Å²) < 4.78 is 0. The molecule has 0 aliphatic heterocycles. The zero-order valence-electron chi connectivity index (χ0n) is 17.2. The van der Waals surface area contributed by atoms with Crippen molar-refractivity contribution in [2.24, 2.45) is 46.3 Å². The quantitative estimate of drug-likeness (QED) is 0.560. The Balaban J connectivity index is 1.63. The van der Waals surface area contributed by atoms with Gasteiger partial charge in [0, 0.05) is 11.8 Å². The van der Waals surface area contributed by atoms with E-state index in [9.17, 15) is 4.79 Å². The third-order valence-electron chi connectivity index (χ3n) is 9.95. The SMILES string of the molecule is CCC[C@@H](C)[C@H]1CC[C@H]2[C@@H]3CCC4CCCC[C@]4(C)[C@H]3CC(=O)[C@]12C. The highest BCUT2D eigenvalue weighted by atomic mass is 16.1. The average molecular weight is 345 g/mol. The molecule has 0 saturated heterocycles. The fourth-order valence-corrected chi connectivity index (χ4v) is 8.60. The minimum Gasteiger partial charge on any atom is -0.299 e. The molecule has 0 bridgehead atoms. The lowest BCUT2D eigenvalue weighted by Gasteiger charge is -2.60. The predicted molar refractivity (Wildman–Crippen MR) is 104 cm³/mol. The lowest BCUT2D eigenvalue weighted by atomic mass is 9.44. The highest BCUT2D eigenvalue weighted by molar-refractivity contribution is 5.87. The zero-order chi connectivity index (χ0) is 17.8. The highest BCUT2D eigenvalue weighted by Crippen LogP contribution is 2.67. The van der Waals surface area contributed by atoms with Crippen LogP contribution >= 0.6 is 0 Å². The smallest absolute Gasteiger partial charge is 0.139 e. The molecule has 1 heteroatoms. The van der Waals surface area contributed by atoms with Gasteiger partial charge in [-0.1, -0.05) is 53.4 Å². The monoisotopic (exact) mass is 344 g/mol. The molecule has 0 radical (unpaired) electrons. The van der Waals surface area contributed by atoms with Crippen LogP contribution < -0.4 is 0 Å². The molecule has 0 aromatic heterocycles. The Morgan fingerprint density at radius 2 is 1.84 bits per heavy atom. The third kappa shape index (κ3) is 2.50. The van der Waals surface area contributed by atoms with Crippen LogP contribution in [0.2, 0.25) is 0 Å². The van der Waals surface area contributed by atoms with Gasteiger partial charge in [-0.05, 0) is 79.4 Å². The first kappa shape index (κ1) is 18.1. The van der Waals surface area contributed by atoms with E-state index in [0.29, 0.717) is 29.0 Å². The maximum absolute atomic E-state index is 13.6. The van der Waals surface area contributed by atoms with Gasteiger partial charge in [0.05, 0.1) is 0 Å². The molecule has 4 aliphatic rings. The molecule has 0 spiro atoms. The molecule has 4 rings (SSSR count). The normalized spacial score (nSPS) is 50.7. The number of hydrogen-bond acceptors (Lipinski definition) is 1. The van der Waals surface area contributed by atoms with Gasteiger partial charge < -0.3 is 0 Å². The molecule has 142 valence electrons. The highest BCUT2D eigenvalue weighted by Gasteiger charge is 2.63. The van der Waals surface area contributed by atoms with Gasteiger partial charge in [-0.3, -0.25) is 4.79 Å². The van der Waals surface area contributed by atoms with Crippen molar-refractivity contribution in [1.82, 2.24) is 0 Å². The Kier molecular flexibility index (Phi) is 4.61. The lowest BCUT2D eigenvalue weighted by Crippen LogP contribution is -2.56. The van der Waals surface area contributed by atoms with Gasteiger partial charge in [0.1, 0.15) is 5.78 Å². The number of Topliss-reactive ketones (excluding diaryl/α,β-unsaturated/α-hetero) is 1. The molecular formula is C24H40O. The topological polar surface area (TPSA) is 17.1 Å². The molecule has 4 aliphatic carbocycles. The summed E-state index contributed by atoms with van der Waals surface area (Å²) in [4.78, 5) is 13.6. The Bertz CT molecular complexity index is 524. The number of hydrogen-bond donors (Lipinski definition) is 0. The molecule has 4 saturated carbocycles. The summed E-state index contributed by atoms with van der Waals surface area (Å²) >= 11 is 0. The Morgan fingerprint density at radius 3 is 2.60 bits per heavy atom. The Labute approximate surface area is 155 Å². The Hall–Kier alpha value is -0.330. The lowest BCUT2D eigenvalue weighted by molar-refractivity contribution is -0.157. The van der Waals surface area contributed by atoms with Crippen molar-refractivity contribution in [1.29, 1.82) is 0 Å². The van der Waals surface area contributed by atoms with E-state index in [0.717, 1.165) is 24.2 Å². The van der Waals surface area contributed by atoms with Crippen molar-refractivity contribution in [2.75, 3.05) is 0 Å². The summed E-state index contributed by atoms with van der Waals surface area (Å²) in [5, 5.41) is 0. The molecular weight excluding hydrogens is 304 g/mol. The first-order valence-electron chi connectivity index (χ1n) is 11.5. The summed E-state index contributed by atoms with van der Waals surface area (Å²) in [6.07, 6.45) is 14.7. The van der Waals surface area contributed by atoms with Crippen molar-refractivity contribution >= 4 is 5.78 Å². The van der Waals surface area contributed by atoms with Crippen LogP contribution in [0.1, 0.15) is 98.3 Å². The first-order valence-corrected chi connectivity index (χ1v) is 11.5. The first-order chi connectivity index (χ1) is 11.9. The molecule has 1 unspecified atom stereocenters. The average Bonchev–Trinajstić information content (AvgIpc) is 2.94. The second-order valence-corrected chi connectivity index (χ2v) is 10.8. The van der Waals surface area contributed by atoms with Crippen LogP contribution in [0.15, 0.2) is 0 Å². The van der Waals surface area contributed by atoms with E-state index in [1.165, 1.54) is 64.2 Å². The van der Waals surface area contributed by atoms with Crippen molar-refractivity contribution < 1.29 is 4.79 Å². The Morgan fingerprint density at radius 1 is 1.04 bits per heavy atom. The van der Waals surface area contributed by atoms with Crippen LogP contribution in [0, 0.1) is 46.3 Å². The minimum absolute atomic E-state index is 0.00756. The fraction of sp³-hybridized carbons (Fsp3) is 0.958. The number of carbonyl (C=O) groups is 1. The molecule has 0 heterocycles. The molecule has 0 aromatic carbocycles. The molecule has 1 nitrogen and oxygen atoms in total. The molecule has 4 fully saturated rings.